The van der Waals surface area contributed by atoms with Crippen LogP contribution in [0.15, 0.2) is 88.4 Å². The Kier molecular flexibility index (Phi) is 5.78. The molecule has 0 aliphatic rings. The fraction of sp³-hybridized carbons (Fsp3) is 0.0476. The summed E-state index contributed by atoms with van der Waals surface area (Å²) in [4.78, 5) is 12.8. The summed E-state index contributed by atoms with van der Waals surface area (Å²) in [7, 11) is 0. The lowest BCUT2D eigenvalue weighted by Gasteiger charge is -2.27. The summed E-state index contributed by atoms with van der Waals surface area (Å²) in [5.74, 6) is -1.22. The first kappa shape index (κ1) is 18.9. The number of nitrogens with zero attached hydrogens (tertiary/aromatic N) is 1. The summed E-state index contributed by atoms with van der Waals surface area (Å²) >= 11 is 3.25. The Morgan fingerprint density at radius 3 is 2.11 bits per heavy atom. The van der Waals surface area contributed by atoms with E-state index < -0.39 is 17.3 Å². The molecule has 136 valence electrons. The molecule has 3 aromatic rings. The van der Waals surface area contributed by atoms with Crippen molar-refractivity contribution in [3.8, 4) is 0 Å². The number of amides is 1. The van der Waals surface area contributed by atoms with E-state index in [0.717, 1.165) is 0 Å². The predicted octanol–water partition coefficient (Wildman–Crippen LogP) is 3.97. The van der Waals surface area contributed by atoms with Gasteiger partial charge in [0.05, 0.1) is 6.21 Å². The summed E-state index contributed by atoms with van der Waals surface area (Å²) in [6, 6.07) is 21.5. The van der Waals surface area contributed by atoms with Gasteiger partial charge in [0.15, 0.2) is 5.60 Å². The quantitative estimate of drug-likeness (QED) is 0.478. The van der Waals surface area contributed by atoms with Gasteiger partial charge in [0, 0.05) is 10.0 Å². The number of rotatable bonds is 5. The van der Waals surface area contributed by atoms with E-state index in [1.807, 2.05) is 0 Å². The van der Waals surface area contributed by atoms with Crippen LogP contribution < -0.4 is 5.43 Å². The number of nitrogens with one attached hydrogen (secondary N) is 1. The minimum Gasteiger partial charge on any atom is -0.372 e. The van der Waals surface area contributed by atoms with E-state index in [0.29, 0.717) is 15.6 Å². The molecule has 0 aliphatic carbocycles. The highest BCUT2D eigenvalue weighted by Gasteiger charge is 2.39. The number of aliphatic hydroxyl groups is 1. The van der Waals surface area contributed by atoms with E-state index in [1.54, 1.807) is 66.7 Å². The molecule has 4 nitrogen and oxygen atoms in total. The lowest BCUT2D eigenvalue weighted by atomic mass is 9.85. The van der Waals surface area contributed by atoms with Crippen LogP contribution in [0.2, 0.25) is 0 Å². The third kappa shape index (κ3) is 4.13. The fourth-order valence-corrected chi connectivity index (χ4v) is 3.02. The first-order valence-corrected chi connectivity index (χ1v) is 8.93. The Hall–Kier alpha value is -2.83. The van der Waals surface area contributed by atoms with E-state index in [9.17, 15) is 14.3 Å². The highest BCUT2D eigenvalue weighted by Crippen LogP contribution is 2.29. The molecule has 27 heavy (non-hydrogen) atoms. The van der Waals surface area contributed by atoms with Crippen LogP contribution in [-0.2, 0) is 10.4 Å². The number of hydrogen-bond donors (Lipinski definition) is 2. The molecule has 0 saturated carbocycles. The molecule has 6 heteroatoms. The average molecular weight is 427 g/mol. The maximum Gasteiger partial charge on any atom is 0.281 e. The number of carbonyl (C=O) groups is 1. The second-order valence-electron chi connectivity index (χ2n) is 5.81. The van der Waals surface area contributed by atoms with Crippen molar-refractivity contribution in [1.82, 2.24) is 5.43 Å². The van der Waals surface area contributed by atoms with Crippen LogP contribution in [0.3, 0.4) is 0 Å². The molecule has 0 heterocycles. The van der Waals surface area contributed by atoms with Crippen LogP contribution >= 0.6 is 15.9 Å². The summed E-state index contributed by atoms with van der Waals surface area (Å²) < 4.78 is 14.5. The Morgan fingerprint density at radius 2 is 1.56 bits per heavy atom. The van der Waals surface area contributed by atoms with E-state index in [-0.39, 0.29) is 5.56 Å². The number of carbonyl (C=O) groups excluding carboxylic acids is 1. The van der Waals surface area contributed by atoms with Crippen LogP contribution in [0, 0.1) is 5.82 Å². The molecular weight excluding hydrogens is 411 g/mol. The summed E-state index contributed by atoms with van der Waals surface area (Å²) in [5.41, 5.74) is 1.38. The third-order valence-corrected chi connectivity index (χ3v) is 4.53. The lowest BCUT2D eigenvalue weighted by molar-refractivity contribution is -0.136. The predicted molar refractivity (Wildman–Crippen MR) is 106 cm³/mol. The third-order valence-electron chi connectivity index (χ3n) is 4.04. The lowest BCUT2D eigenvalue weighted by Crippen LogP contribution is -2.43. The van der Waals surface area contributed by atoms with Crippen molar-refractivity contribution < 1.29 is 14.3 Å². The van der Waals surface area contributed by atoms with Crippen molar-refractivity contribution in [3.63, 3.8) is 0 Å². The van der Waals surface area contributed by atoms with Gasteiger partial charge in [0.1, 0.15) is 5.82 Å². The van der Waals surface area contributed by atoms with Crippen LogP contribution in [0.4, 0.5) is 4.39 Å². The van der Waals surface area contributed by atoms with E-state index >= 15 is 0 Å². The minimum absolute atomic E-state index is 0.202. The normalized spacial score (nSPS) is 11.5. The van der Waals surface area contributed by atoms with Gasteiger partial charge < -0.3 is 5.11 Å². The van der Waals surface area contributed by atoms with E-state index in [4.69, 9.17) is 0 Å². The van der Waals surface area contributed by atoms with Crippen LogP contribution in [0.5, 0.6) is 0 Å². The van der Waals surface area contributed by atoms with Crippen molar-refractivity contribution in [2.24, 2.45) is 5.10 Å². The molecular formula is C21H16BrFN2O2. The first-order chi connectivity index (χ1) is 13.0. The standard InChI is InChI=1S/C21H16BrFN2O2/c22-18-11-12-19(23)15(13-18)14-24-25-20(26)21(27,16-7-3-1-4-8-16)17-9-5-2-6-10-17/h1-14,27H,(H,25,26). The molecule has 0 saturated heterocycles. The summed E-state index contributed by atoms with van der Waals surface area (Å²) in [6.45, 7) is 0. The smallest absolute Gasteiger partial charge is 0.281 e. The molecule has 0 atom stereocenters. The molecule has 0 aromatic heterocycles. The number of benzene rings is 3. The average Bonchev–Trinajstić information content (AvgIpc) is 2.71. The van der Waals surface area contributed by atoms with Crippen molar-refractivity contribution in [2.45, 2.75) is 5.60 Å². The number of halogens is 2. The Labute approximate surface area is 164 Å². The van der Waals surface area contributed by atoms with Crippen molar-refractivity contribution >= 4 is 28.1 Å². The minimum atomic E-state index is -1.93. The summed E-state index contributed by atoms with van der Waals surface area (Å²) in [6.07, 6.45) is 1.19. The zero-order valence-electron chi connectivity index (χ0n) is 14.1. The van der Waals surface area contributed by atoms with Crippen LogP contribution in [0.1, 0.15) is 16.7 Å². The van der Waals surface area contributed by atoms with Gasteiger partial charge in [-0.25, -0.2) is 9.82 Å². The molecule has 3 rings (SSSR count). The second kappa shape index (κ2) is 8.24. The van der Waals surface area contributed by atoms with Crippen LogP contribution in [0.25, 0.3) is 0 Å². The monoisotopic (exact) mass is 426 g/mol. The molecule has 0 spiro atoms. The van der Waals surface area contributed by atoms with Gasteiger partial charge >= 0.3 is 0 Å². The topological polar surface area (TPSA) is 61.7 Å². The van der Waals surface area contributed by atoms with E-state index in [1.165, 1.54) is 18.3 Å². The molecule has 0 fully saturated rings. The Bertz CT molecular complexity index is 923. The van der Waals surface area contributed by atoms with Gasteiger partial charge in [-0.1, -0.05) is 76.6 Å². The molecule has 0 bridgehead atoms. The maximum absolute atomic E-state index is 13.8. The van der Waals surface area contributed by atoms with Crippen molar-refractivity contribution in [2.75, 3.05) is 0 Å². The van der Waals surface area contributed by atoms with Gasteiger partial charge in [0.25, 0.3) is 5.91 Å². The van der Waals surface area contributed by atoms with Crippen molar-refractivity contribution in [3.05, 3.63) is 106 Å². The number of hydrazone groups is 1. The molecule has 3 aromatic carbocycles. The largest absolute Gasteiger partial charge is 0.372 e. The van der Waals surface area contributed by atoms with Gasteiger partial charge in [-0.15, -0.1) is 0 Å². The zero-order chi connectivity index (χ0) is 19.3. The van der Waals surface area contributed by atoms with Crippen LogP contribution in [-0.4, -0.2) is 17.2 Å². The SMILES string of the molecule is O=C(NN=Cc1cc(Br)ccc1F)C(O)(c1ccccc1)c1ccccc1. The van der Waals surface area contributed by atoms with Gasteiger partial charge in [0.2, 0.25) is 0 Å². The molecule has 1 amide bonds. The van der Waals surface area contributed by atoms with Gasteiger partial charge in [-0.2, -0.15) is 5.10 Å². The summed E-state index contributed by atoms with van der Waals surface area (Å²) in [5, 5.41) is 15.1. The second-order valence-corrected chi connectivity index (χ2v) is 6.72. The molecule has 0 unspecified atom stereocenters. The Balaban J connectivity index is 1.90. The maximum atomic E-state index is 13.8. The van der Waals surface area contributed by atoms with Gasteiger partial charge in [-0.3, -0.25) is 4.79 Å². The van der Waals surface area contributed by atoms with Gasteiger partial charge in [-0.05, 0) is 29.3 Å². The highest BCUT2D eigenvalue weighted by atomic mass is 79.9. The molecule has 0 radical (unpaired) electrons. The Morgan fingerprint density at radius 1 is 1.00 bits per heavy atom. The van der Waals surface area contributed by atoms with E-state index in [2.05, 4.69) is 26.5 Å². The molecule has 0 aliphatic heterocycles. The molecule has 2 N–H and O–H groups in total. The zero-order valence-corrected chi connectivity index (χ0v) is 15.7. The van der Waals surface area contributed by atoms with Crippen molar-refractivity contribution in [1.29, 1.82) is 0 Å². The first-order valence-electron chi connectivity index (χ1n) is 8.14. The highest BCUT2D eigenvalue weighted by molar-refractivity contribution is 9.10. The fourth-order valence-electron chi connectivity index (χ4n) is 2.64. The number of hydrogen-bond acceptors (Lipinski definition) is 3.